The van der Waals surface area contributed by atoms with Crippen molar-refractivity contribution in [2.45, 2.75) is 45.6 Å². The van der Waals surface area contributed by atoms with E-state index in [9.17, 15) is 18.3 Å². The van der Waals surface area contributed by atoms with E-state index in [1.54, 1.807) is 4.72 Å². The second kappa shape index (κ2) is 7.55. The van der Waals surface area contributed by atoms with Gasteiger partial charge in [0.2, 0.25) is 0 Å². The Morgan fingerprint density at radius 2 is 2.20 bits per heavy atom. The fraction of sp³-hybridized carbons (Fsp3) is 0.474. The zero-order valence-electron chi connectivity index (χ0n) is 16.7. The molecule has 9 nitrogen and oxygen atoms in total. The number of carbonyl (C=O) groups excluding carboxylic acids is 1. The highest BCUT2D eigenvalue weighted by atomic mass is 32.2. The molecule has 162 valence electrons. The summed E-state index contributed by atoms with van der Waals surface area (Å²) in [6.07, 6.45) is 2.39. The number of nitrogens with zero attached hydrogens (tertiary/aromatic N) is 2. The number of benzene rings is 1. The fourth-order valence-electron chi connectivity index (χ4n) is 4.16. The number of nitrogens with one attached hydrogen (secondary N) is 2. The van der Waals surface area contributed by atoms with Crippen LogP contribution in [0.3, 0.4) is 0 Å². The molecule has 1 saturated heterocycles. The maximum atomic E-state index is 15.3. The maximum Gasteiger partial charge on any atom is 0.326 e. The third-order valence-electron chi connectivity index (χ3n) is 5.69. The van der Waals surface area contributed by atoms with Crippen LogP contribution in [0, 0.1) is 19.7 Å². The first kappa shape index (κ1) is 20.6. The van der Waals surface area contributed by atoms with Gasteiger partial charge in [-0.2, -0.15) is 8.42 Å². The first-order valence-electron chi connectivity index (χ1n) is 9.69. The predicted molar refractivity (Wildman–Crippen MR) is 106 cm³/mol. The third-order valence-corrected chi connectivity index (χ3v) is 7.06. The van der Waals surface area contributed by atoms with E-state index in [0.717, 1.165) is 29.9 Å². The van der Waals surface area contributed by atoms with Crippen LogP contribution in [0.1, 0.15) is 34.6 Å². The lowest BCUT2D eigenvalue weighted by molar-refractivity contribution is -0.117. The summed E-state index contributed by atoms with van der Waals surface area (Å²) in [4.78, 5) is 11.5. The zero-order chi connectivity index (χ0) is 21.6. The molecule has 0 bridgehead atoms. The van der Waals surface area contributed by atoms with Gasteiger partial charge in [-0.1, -0.05) is 5.16 Å². The average Bonchev–Trinajstić information content (AvgIpc) is 3.13. The van der Waals surface area contributed by atoms with Crippen LogP contribution in [0.2, 0.25) is 0 Å². The van der Waals surface area contributed by atoms with Gasteiger partial charge in [-0.3, -0.25) is 4.79 Å². The molecule has 2 heterocycles. The van der Waals surface area contributed by atoms with Crippen molar-refractivity contribution in [1.82, 2.24) is 15.2 Å². The van der Waals surface area contributed by atoms with Crippen molar-refractivity contribution in [3.8, 4) is 5.75 Å². The molecule has 1 unspecified atom stereocenters. The Labute approximate surface area is 173 Å². The van der Waals surface area contributed by atoms with Crippen LogP contribution in [0.15, 0.2) is 10.6 Å². The van der Waals surface area contributed by atoms with Gasteiger partial charge in [-0.15, -0.1) is 0 Å². The molecule has 2 aliphatic rings. The van der Waals surface area contributed by atoms with E-state index in [1.165, 1.54) is 6.07 Å². The van der Waals surface area contributed by atoms with Crippen LogP contribution in [-0.4, -0.2) is 43.7 Å². The van der Waals surface area contributed by atoms with Crippen molar-refractivity contribution >= 4 is 21.8 Å². The lowest BCUT2D eigenvalue weighted by Gasteiger charge is -2.28. The minimum absolute atomic E-state index is 0.000178. The molecular formula is C19H23FN4O5S. The van der Waals surface area contributed by atoms with E-state index in [0.29, 0.717) is 34.8 Å². The number of aromatic nitrogens is 1. The molecule has 1 aliphatic heterocycles. The van der Waals surface area contributed by atoms with E-state index in [4.69, 9.17) is 4.52 Å². The van der Waals surface area contributed by atoms with Gasteiger partial charge in [0.1, 0.15) is 23.7 Å². The van der Waals surface area contributed by atoms with E-state index < -0.39 is 39.9 Å². The lowest BCUT2D eigenvalue weighted by Crippen LogP contribution is -2.37. The monoisotopic (exact) mass is 438 g/mol. The molecule has 0 spiro atoms. The fourth-order valence-corrected chi connectivity index (χ4v) is 5.32. The highest BCUT2D eigenvalue weighted by Gasteiger charge is 2.39. The molecule has 0 radical (unpaired) electrons. The van der Waals surface area contributed by atoms with Gasteiger partial charge in [-0.25, -0.2) is 13.4 Å². The van der Waals surface area contributed by atoms with E-state index >= 15 is 4.39 Å². The van der Waals surface area contributed by atoms with Crippen LogP contribution in [0.25, 0.3) is 0 Å². The van der Waals surface area contributed by atoms with E-state index in [-0.39, 0.29) is 6.04 Å². The summed E-state index contributed by atoms with van der Waals surface area (Å²) in [5.74, 6) is -1.28. The number of fused-ring (bicyclic) bond motifs is 1. The number of phenols is 1. The summed E-state index contributed by atoms with van der Waals surface area (Å²) in [6, 6.07) is 1.39. The smallest absolute Gasteiger partial charge is 0.326 e. The second-order valence-electron chi connectivity index (χ2n) is 7.68. The van der Waals surface area contributed by atoms with Gasteiger partial charge in [0.05, 0.1) is 5.69 Å². The van der Waals surface area contributed by atoms with Crippen LogP contribution in [-0.2, 0) is 34.3 Å². The van der Waals surface area contributed by atoms with Gasteiger partial charge in [0.15, 0.2) is 5.82 Å². The van der Waals surface area contributed by atoms with Crippen LogP contribution >= 0.6 is 0 Å². The summed E-state index contributed by atoms with van der Waals surface area (Å²) in [5, 5.41) is 17.6. The Bertz CT molecular complexity index is 1100. The van der Waals surface area contributed by atoms with Crippen LogP contribution < -0.4 is 14.3 Å². The van der Waals surface area contributed by atoms with Crippen molar-refractivity contribution in [1.29, 1.82) is 0 Å². The van der Waals surface area contributed by atoms with Gasteiger partial charge >= 0.3 is 10.2 Å². The highest BCUT2D eigenvalue weighted by Crippen LogP contribution is 2.39. The lowest BCUT2D eigenvalue weighted by atomic mass is 9.87. The van der Waals surface area contributed by atoms with Crippen molar-refractivity contribution < 1.29 is 27.2 Å². The molecule has 1 amide bonds. The average molecular weight is 438 g/mol. The molecular weight excluding hydrogens is 415 g/mol. The highest BCUT2D eigenvalue weighted by molar-refractivity contribution is 7.92. The summed E-state index contributed by atoms with van der Waals surface area (Å²) >= 11 is 0. The van der Waals surface area contributed by atoms with Crippen molar-refractivity contribution in [3.63, 3.8) is 0 Å². The van der Waals surface area contributed by atoms with Crippen LogP contribution in [0.4, 0.5) is 10.1 Å². The third kappa shape index (κ3) is 3.63. The molecule has 4 rings (SSSR count). The minimum atomic E-state index is -4.22. The number of hydrogen-bond donors (Lipinski definition) is 3. The number of rotatable bonds is 5. The number of amides is 1. The molecule has 1 atom stereocenters. The molecule has 11 heteroatoms. The Morgan fingerprint density at radius 1 is 1.43 bits per heavy atom. The standard InChI is InChI=1S/C19H23FN4O5S/c1-10-14(11(2)29-22-10)5-6-21-13-4-3-12-7-16(25)19(18(20)15(12)8-13)24-9-17(26)23-30(24,27)28/h7,13,21,25H,3-6,8-9H2,1-2H3,(H,23,26). The number of carbonyl (C=O) groups is 1. The maximum absolute atomic E-state index is 15.3. The van der Waals surface area contributed by atoms with Crippen LogP contribution in [0.5, 0.6) is 5.75 Å². The SMILES string of the molecule is Cc1noc(C)c1CCNC1CCc2cc(O)c(N3CC(=O)NS3(=O)=O)c(F)c2C1. The summed E-state index contributed by atoms with van der Waals surface area (Å²) in [7, 11) is -4.22. The molecule has 1 aromatic carbocycles. The van der Waals surface area contributed by atoms with Gasteiger partial charge in [-0.05, 0) is 63.3 Å². The molecule has 1 fully saturated rings. The first-order chi connectivity index (χ1) is 14.2. The number of aryl methyl sites for hydroxylation is 3. The Kier molecular flexibility index (Phi) is 5.18. The Morgan fingerprint density at radius 3 is 2.83 bits per heavy atom. The van der Waals surface area contributed by atoms with E-state index in [2.05, 4.69) is 10.5 Å². The minimum Gasteiger partial charge on any atom is -0.506 e. The molecule has 2 aromatic rings. The Balaban J connectivity index is 1.52. The van der Waals surface area contributed by atoms with Crippen molar-refractivity contribution in [2.24, 2.45) is 0 Å². The van der Waals surface area contributed by atoms with Gasteiger partial charge in [0.25, 0.3) is 5.91 Å². The molecule has 3 N–H and O–H groups in total. The van der Waals surface area contributed by atoms with Gasteiger partial charge in [0, 0.05) is 11.6 Å². The van der Waals surface area contributed by atoms with Gasteiger partial charge < -0.3 is 14.9 Å². The number of halogens is 1. The molecule has 0 saturated carbocycles. The number of hydrogen-bond acceptors (Lipinski definition) is 7. The summed E-state index contributed by atoms with van der Waals surface area (Å²) in [6.45, 7) is 3.85. The normalized spacial score (nSPS) is 20.3. The largest absolute Gasteiger partial charge is 0.506 e. The predicted octanol–water partition coefficient (Wildman–Crippen LogP) is 1.01. The number of phenolic OH excluding ortho intramolecular Hbond substituents is 1. The topological polar surface area (TPSA) is 125 Å². The molecule has 30 heavy (non-hydrogen) atoms. The Hall–Kier alpha value is -2.66. The summed E-state index contributed by atoms with van der Waals surface area (Å²) in [5.41, 5.74) is 2.42. The summed E-state index contributed by atoms with van der Waals surface area (Å²) < 4.78 is 47.1. The van der Waals surface area contributed by atoms with Crippen molar-refractivity contribution in [2.75, 3.05) is 17.4 Å². The quantitative estimate of drug-likeness (QED) is 0.636. The molecule has 1 aliphatic carbocycles. The van der Waals surface area contributed by atoms with E-state index in [1.807, 2.05) is 13.8 Å². The zero-order valence-corrected chi connectivity index (χ0v) is 17.5. The molecule has 1 aromatic heterocycles. The number of anilines is 1. The van der Waals surface area contributed by atoms with Crippen molar-refractivity contribution in [3.05, 3.63) is 40.0 Å². The first-order valence-corrected chi connectivity index (χ1v) is 11.1. The number of aromatic hydroxyl groups is 1. The second-order valence-corrected chi connectivity index (χ2v) is 9.27.